The molecule has 18 heavy (non-hydrogen) atoms. The molecule has 2 rings (SSSR count). The number of rotatable bonds is 4. The molecule has 3 N–H and O–H groups in total. The van der Waals surface area contributed by atoms with E-state index >= 15 is 0 Å². The van der Waals surface area contributed by atoms with E-state index in [-0.39, 0.29) is 5.91 Å². The van der Waals surface area contributed by atoms with Gasteiger partial charge in [0.25, 0.3) is 5.91 Å². The zero-order valence-corrected chi connectivity index (χ0v) is 10.8. The number of nitrogens with zero attached hydrogens (tertiary/aromatic N) is 1. The lowest BCUT2D eigenvalue weighted by Crippen LogP contribution is -2.35. The van der Waals surface area contributed by atoms with Gasteiger partial charge in [-0.15, -0.1) is 0 Å². The topological polar surface area (TPSA) is 71.5 Å². The minimum Gasteiger partial charge on any atom is -0.467 e. The van der Waals surface area contributed by atoms with Gasteiger partial charge in [-0.05, 0) is 31.4 Å². The number of nitrogens with two attached hydrogens (primary N) is 1. The van der Waals surface area contributed by atoms with Crippen molar-refractivity contribution in [2.45, 2.75) is 32.7 Å². The summed E-state index contributed by atoms with van der Waals surface area (Å²) < 4.78 is 5.40. The van der Waals surface area contributed by atoms with Gasteiger partial charge in [0.15, 0.2) is 0 Å². The van der Waals surface area contributed by atoms with Crippen LogP contribution >= 0.6 is 0 Å². The van der Waals surface area contributed by atoms with Crippen molar-refractivity contribution in [1.29, 1.82) is 0 Å². The van der Waals surface area contributed by atoms with Gasteiger partial charge in [0.1, 0.15) is 5.76 Å². The Morgan fingerprint density at radius 2 is 2.50 bits per heavy atom. The summed E-state index contributed by atoms with van der Waals surface area (Å²) in [6, 6.07) is 1.67. The van der Waals surface area contributed by atoms with Crippen LogP contribution in [0.3, 0.4) is 0 Å². The van der Waals surface area contributed by atoms with Gasteiger partial charge in [-0.1, -0.05) is 13.3 Å². The molecular weight excluding hydrogens is 230 g/mol. The number of furan rings is 1. The predicted molar refractivity (Wildman–Crippen MR) is 68.7 cm³/mol. The molecule has 0 spiro atoms. The Kier molecular flexibility index (Phi) is 4.38. The third-order valence-corrected chi connectivity index (χ3v) is 3.67. The Balaban J connectivity index is 2.00. The molecule has 100 valence electrons. The summed E-state index contributed by atoms with van der Waals surface area (Å²) in [6.07, 6.45) is 5.28. The van der Waals surface area contributed by atoms with E-state index in [0.717, 1.165) is 19.0 Å². The van der Waals surface area contributed by atoms with Gasteiger partial charge in [0.05, 0.1) is 18.4 Å². The van der Waals surface area contributed by atoms with Gasteiger partial charge in [-0.2, -0.15) is 0 Å². The van der Waals surface area contributed by atoms with E-state index in [1.807, 2.05) is 0 Å². The van der Waals surface area contributed by atoms with Crippen molar-refractivity contribution >= 4 is 5.91 Å². The Morgan fingerprint density at radius 3 is 3.22 bits per heavy atom. The Bertz CT molecular complexity index is 403. The quantitative estimate of drug-likeness (QED) is 0.483. The highest BCUT2D eigenvalue weighted by molar-refractivity contribution is 5.94. The van der Waals surface area contributed by atoms with E-state index in [4.69, 9.17) is 10.3 Å². The first kappa shape index (κ1) is 13.1. The maximum atomic E-state index is 11.5. The number of likely N-dealkylation sites (tertiary alicyclic amines) is 1. The number of carbonyl (C=O) groups is 1. The number of hydrazine groups is 1. The first-order valence-corrected chi connectivity index (χ1v) is 6.54. The van der Waals surface area contributed by atoms with Crippen molar-refractivity contribution in [2.75, 3.05) is 13.1 Å². The molecule has 1 unspecified atom stereocenters. The molecule has 1 amide bonds. The third-order valence-electron chi connectivity index (χ3n) is 3.67. The summed E-state index contributed by atoms with van der Waals surface area (Å²) >= 11 is 0. The van der Waals surface area contributed by atoms with Gasteiger partial charge in [-0.3, -0.25) is 15.1 Å². The molecule has 0 radical (unpaired) electrons. The van der Waals surface area contributed by atoms with Crippen molar-refractivity contribution in [3.8, 4) is 0 Å². The highest BCUT2D eigenvalue weighted by Gasteiger charge is 2.21. The fourth-order valence-electron chi connectivity index (χ4n) is 2.57. The van der Waals surface area contributed by atoms with Crippen LogP contribution < -0.4 is 11.3 Å². The highest BCUT2D eigenvalue weighted by atomic mass is 16.3. The molecular formula is C13H21N3O2. The predicted octanol–water partition coefficient (Wildman–Crippen LogP) is 1.51. The number of nitrogens with one attached hydrogen (secondary N) is 1. The summed E-state index contributed by atoms with van der Waals surface area (Å²) in [7, 11) is 0. The van der Waals surface area contributed by atoms with Gasteiger partial charge in [0, 0.05) is 6.54 Å². The molecule has 1 saturated heterocycles. The molecule has 5 nitrogen and oxygen atoms in total. The van der Waals surface area contributed by atoms with Crippen LogP contribution in [-0.2, 0) is 6.54 Å². The fraction of sp³-hybridized carbons (Fsp3) is 0.615. The van der Waals surface area contributed by atoms with Crippen molar-refractivity contribution in [3.63, 3.8) is 0 Å². The van der Waals surface area contributed by atoms with Gasteiger partial charge in [-0.25, -0.2) is 5.84 Å². The lowest BCUT2D eigenvalue weighted by atomic mass is 9.95. The van der Waals surface area contributed by atoms with Crippen LogP contribution in [0.15, 0.2) is 16.7 Å². The largest absolute Gasteiger partial charge is 0.467 e. The second kappa shape index (κ2) is 6.02. The van der Waals surface area contributed by atoms with Crippen LogP contribution in [0.5, 0.6) is 0 Å². The maximum Gasteiger partial charge on any atom is 0.268 e. The lowest BCUT2D eigenvalue weighted by molar-refractivity contribution is 0.0947. The average molecular weight is 251 g/mol. The van der Waals surface area contributed by atoms with Crippen LogP contribution in [-0.4, -0.2) is 23.9 Å². The average Bonchev–Trinajstić information content (AvgIpc) is 2.86. The molecule has 2 heterocycles. The van der Waals surface area contributed by atoms with Crippen LogP contribution in [0.1, 0.15) is 42.3 Å². The second-order valence-corrected chi connectivity index (χ2v) is 4.88. The Hall–Kier alpha value is -1.33. The molecule has 1 aliphatic heterocycles. The second-order valence-electron chi connectivity index (χ2n) is 4.88. The van der Waals surface area contributed by atoms with E-state index in [9.17, 15) is 4.79 Å². The molecule has 1 aromatic rings. The van der Waals surface area contributed by atoms with Gasteiger partial charge < -0.3 is 4.42 Å². The Morgan fingerprint density at radius 1 is 1.67 bits per heavy atom. The normalized spacial score (nSPS) is 20.9. The molecule has 0 saturated carbocycles. The van der Waals surface area contributed by atoms with E-state index in [2.05, 4.69) is 17.2 Å². The zero-order chi connectivity index (χ0) is 13.0. The number of carbonyl (C=O) groups excluding carboxylic acids is 1. The number of piperidine rings is 1. The highest BCUT2D eigenvalue weighted by Crippen LogP contribution is 2.22. The Labute approximate surface area is 107 Å². The monoisotopic (exact) mass is 251 g/mol. The van der Waals surface area contributed by atoms with Gasteiger partial charge in [0.2, 0.25) is 0 Å². The van der Waals surface area contributed by atoms with Crippen LogP contribution in [0.25, 0.3) is 0 Å². The van der Waals surface area contributed by atoms with E-state index in [1.54, 1.807) is 12.3 Å². The molecule has 1 atom stereocenters. The summed E-state index contributed by atoms with van der Waals surface area (Å²) in [4.78, 5) is 13.9. The minimum absolute atomic E-state index is 0.289. The van der Waals surface area contributed by atoms with Gasteiger partial charge >= 0.3 is 0 Å². The smallest absolute Gasteiger partial charge is 0.268 e. The number of hydrogen-bond donors (Lipinski definition) is 2. The van der Waals surface area contributed by atoms with E-state index in [0.29, 0.717) is 17.9 Å². The standard InChI is InChI=1S/C13H21N3O2/c1-2-10-4-3-6-16(8-10)9-12-11(5-7-18-12)13(17)15-14/h5,7,10H,2-4,6,8-9,14H2,1H3,(H,15,17). The van der Waals surface area contributed by atoms with Crippen molar-refractivity contribution in [1.82, 2.24) is 10.3 Å². The molecule has 0 aliphatic carbocycles. The van der Waals surface area contributed by atoms with E-state index < -0.39 is 0 Å². The number of nitrogen functional groups attached to an aromatic ring is 1. The fourth-order valence-corrected chi connectivity index (χ4v) is 2.57. The number of amides is 1. The first-order chi connectivity index (χ1) is 8.74. The minimum atomic E-state index is -0.289. The van der Waals surface area contributed by atoms with Crippen LogP contribution in [0.2, 0.25) is 0 Å². The van der Waals surface area contributed by atoms with Crippen molar-refractivity contribution in [2.24, 2.45) is 11.8 Å². The third kappa shape index (κ3) is 2.91. The number of hydrogen-bond acceptors (Lipinski definition) is 4. The molecule has 1 aromatic heterocycles. The lowest BCUT2D eigenvalue weighted by Gasteiger charge is -2.31. The summed E-state index contributed by atoms with van der Waals surface area (Å²) in [5.74, 6) is 6.33. The van der Waals surface area contributed by atoms with E-state index in [1.165, 1.54) is 19.3 Å². The van der Waals surface area contributed by atoms with Crippen LogP contribution in [0, 0.1) is 5.92 Å². The molecule has 1 aliphatic rings. The molecule has 0 aromatic carbocycles. The van der Waals surface area contributed by atoms with Crippen molar-refractivity contribution in [3.05, 3.63) is 23.7 Å². The summed E-state index contributed by atoms with van der Waals surface area (Å²) in [5, 5.41) is 0. The summed E-state index contributed by atoms with van der Waals surface area (Å²) in [6.45, 7) is 5.07. The molecule has 0 bridgehead atoms. The maximum absolute atomic E-state index is 11.5. The van der Waals surface area contributed by atoms with Crippen LogP contribution in [0.4, 0.5) is 0 Å². The molecule has 1 fully saturated rings. The molecule has 5 heteroatoms. The zero-order valence-electron chi connectivity index (χ0n) is 10.8. The van der Waals surface area contributed by atoms with Crippen molar-refractivity contribution < 1.29 is 9.21 Å². The SMILES string of the molecule is CCC1CCCN(Cc2occc2C(=O)NN)C1. The first-order valence-electron chi connectivity index (χ1n) is 6.54. The summed E-state index contributed by atoms with van der Waals surface area (Å²) in [5.41, 5.74) is 2.69.